The second-order valence-electron chi connectivity index (χ2n) is 4.57. The Morgan fingerprint density at radius 3 is 2.80 bits per heavy atom. The van der Waals surface area contributed by atoms with Gasteiger partial charge < -0.3 is 4.74 Å². The van der Waals surface area contributed by atoms with Gasteiger partial charge in [0.25, 0.3) is 0 Å². The van der Waals surface area contributed by atoms with Crippen molar-refractivity contribution in [1.29, 1.82) is 0 Å². The molecule has 20 heavy (non-hydrogen) atoms. The predicted molar refractivity (Wildman–Crippen MR) is 81.1 cm³/mol. The minimum Gasteiger partial charge on any atom is -0.493 e. The molecule has 0 bridgehead atoms. The van der Waals surface area contributed by atoms with E-state index in [2.05, 4.69) is 32.8 Å². The fraction of sp³-hybridized carbons (Fsp3) is 0.200. The molecule has 2 aromatic heterocycles. The first-order valence-electron chi connectivity index (χ1n) is 6.40. The summed E-state index contributed by atoms with van der Waals surface area (Å²) in [6.07, 6.45) is 4.26. The van der Waals surface area contributed by atoms with Crippen LogP contribution >= 0.6 is 15.9 Å². The summed E-state index contributed by atoms with van der Waals surface area (Å²) >= 11 is 3.46. The number of hydrogen-bond donors (Lipinski definition) is 0. The highest BCUT2D eigenvalue weighted by Gasteiger charge is 2.08. The van der Waals surface area contributed by atoms with E-state index in [4.69, 9.17) is 4.74 Å². The average Bonchev–Trinajstić information content (AvgIpc) is 2.79. The van der Waals surface area contributed by atoms with Gasteiger partial charge in [0.05, 0.1) is 12.1 Å². The van der Waals surface area contributed by atoms with Gasteiger partial charge in [-0.05, 0) is 41.1 Å². The molecule has 0 amide bonds. The highest BCUT2D eigenvalue weighted by atomic mass is 79.9. The molecule has 1 aromatic carbocycles. The van der Waals surface area contributed by atoms with E-state index in [0.717, 1.165) is 28.1 Å². The van der Waals surface area contributed by atoms with Crippen molar-refractivity contribution in [1.82, 2.24) is 14.4 Å². The Morgan fingerprint density at radius 2 is 2.00 bits per heavy atom. The van der Waals surface area contributed by atoms with Gasteiger partial charge in [0.15, 0.2) is 0 Å². The molecule has 102 valence electrons. The third kappa shape index (κ3) is 2.67. The number of benzene rings is 1. The maximum Gasteiger partial charge on any atom is 0.132 e. The quantitative estimate of drug-likeness (QED) is 0.735. The van der Waals surface area contributed by atoms with Gasteiger partial charge in [-0.25, -0.2) is 9.97 Å². The van der Waals surface area contributed by atoms with E-state index in [0.29, 0.717) is 6.61 Å². The lowest BCUT2D eigenvalue weighted by molar-refractivity contribution is 0.318. The molecule has 2 heterocycles. The van der Waals surface area contributed by atoms with Crippen molar-refractivity contribution in [3.63, 3.8) is 0 Å². The normalized spacial score (nSPS) is 10.9. The van der Waals surface area contributed by atoms with Crippen LogP contribution in [0.15, 0.2) is 47.5 Å². The van der Waals surface area contributed by atoms with Crippen LogP contribution in [0.2, 0.25) is 0 Å². The first-order chi connectivity index (χ1) is 9.74. The number of aryl methyl sites for hydroxylation is 1. The number of hydrogen-bond acceptors (Lipinski definition) is 3. The van der Waals surface area contributed by atoms with Crippen LogP contribution in [0.25, 0.3) is 5.52 Å². The molecular weight excluding hydrogens is 318 g/mol. The van der Waals surface area contributed by atoms with Gasteiger partial charge in [0.2, 0.25) is 0 Å². The fourth-order valence-electron chi connectivity index (χ4n) is 2.03. The smallest absolute Gasteiger partial charge is 0.132 e. The molecule has 5 heteroatoms. The molecule has 3 rings (SSSR count). The zero-order valence-electron chi connectivity index (χ0n) is 11.1. The summed E-state index contributed by atoms with van der Waals surface area (Å²) in [6.45, 7) is 2.65. The third-order valence-electron chi connectivity index (χ3n) is 3.09. The molecule has 0 aliphatic rings. The number of ether oxygens (including phenoxy) is 1. The van der Waals surface area contributed by atoms with E-state index in [-0.39, 0.29) is 0 Å². The Balaban J connectivity index is 1.70. The van der Waals surface area contributed by atoms with Crippen molar-refractivity contribution in [3.05, 3.63) is 58.8 Å². The first kappa shape index (κ1) is 13.1. The molecule has 0 atom stereocenters. The molecule has 0 N–H and O–H groups in total. The highest BCUT2D eigenvalue weighted by Crippen LogP contribution is 2.18. The van der Waals surface area contributed by atoms with Crippen molar-refractivity contribution in [2.75, 3.05) is 6.61 Å². The monoisotopic (exact) mass is 331 g/mol. The molecule has 0 aliphatic heterocycles. The van der Waals surface area contributed by atoms with E-state index in [1.54, 1.807) is 12.5 Å². The third-order valence-corrected chi connectivity index (χ3v) is 3.68. The van der Waals surface area contributed by atoms with Crippen LogP contribution in [-0.2, 0) is 6.42 Å². The summed E-state index contributed by atoms with van der Waals surface area (Å²) in [4.78, 5) is 8.62. The van der Waals surface area contributed by atoms with Gasteiger partial charge in [-0.3, -0.25) is 4.40 Å². The Morgan fingerprint density at radius 1 is 1.20 bits per heavy atom. The SMILES string of the molecule is Cc1ccc(OCCc2nc(Br)c3ccncn23)cc1. The van der Waals surface area contributed by atoms with E-state index in [1.165, 1.54) is 5.56 Å². The van der Waals surface area contributed by atoms with E-state index >= 15 is 0 Å². The molecule has 0 radical (unpaired) electrons. The Labute approximate surface area is 125 Å². The van der Waals surface area contributed by atoms with Gasteiger partial charge in [-0.15, -0.1) is 0 Å². The number of aromatic nitrogens is 3. The van der Waals surface area contributed by atoms with Crippen LogP contribution in [0, 0.1) is 6.92 Å². The van der Waals surface area contributed by atoms with Crippen molar-refractivity contribution < 1.29 is 4.74 Å². The van der Waals surface area contributed by atoms with E-state index in [1.807, 2.05) is 34.7 Å². The van der Waals surface area contributed by atoms with Gasteiger partial charge >= 0.3 is 0 Å². The second-order valence-corrected chi connectivity index (χ2v) is 5.32. The van der Waals surface area contributed by atoms with Gasteiger partial charge in [0, 0.05) is 12.6 Å². The van der Waals surface area contributed by atoms with Crippen LogP contribution < -0.4 is 4.74 Å². The van der Waals surface area contributed by atoms with Crippen LogP contribution in [0.3, 0.4) is 0 Å². The van der Waals surface area contributed by atoms with E-state index in [9.17, 15) is 0 Å². The molecule has 3 aromatic rings. The number of imidazole rings is 1. The van der Waals surface area contributed by atoms with Crippen LogP contribution in [0.4, 0.5) is 0 Å². The molecule has 0 aliphatic carbocycles. The maximum atomic E-state index is 5.73. The summed E-state index contributed by atoms with van der Waals surface area (Å²) in [5.41, 5.74) is 2.25. The summed E-state index contributed by atoms with van der Waals surface area (Å²) in [5.74, 6) is 1.82. The zero-order valence-corrected chi connectivity index (χ0v) is 12.7. The predicted octanol–water partition coefficient (Wildman–Crippen LogP) is 3.42. The summed E-state index contributed by atoms with van der Waals surface area (Å²) in [6, 6.07) is 9.98. The van der Waals surface area contributed by atoms with E-state index < -0.39 is 0 Å². The Hall–Kier alpha value is -1.88. The minimum atomic E-state index is 0.587. The number of halogens is 1. The molecule has 0 saturated carbocycles. The van der Waals surface area contributed by atoms with Crippen molar-refractivity contribution in [2.24, 2.45) is 0 Å². The molecule has 4 nitrogen and oxygen atoms in total. The van der Waals surface area contributed by atoms with Crippen LogP contribution in [-0.4, -0.2) is 21.0 Å². The molecular formula is C15H14BrN3O. The summed E-state index contributed by atoms with van der Waals surface area (Å²) < 4.78 is 8.55. The topological polar surface area (TPSA) is 39.4 Å². The largest absolute Gasteiger partial charge is 0.493 e. The summed E-state index contributed by atoms with van der Waals surface area (Å²) in [7, 11) is 0. The van der Waals surface area contributed by atoms with Crippen molar-refractivity contribution >= 4 is 21.4 Å². The van der Waals surface area contributed by atoms with Gasteiger partial charge in [-0.1, -0.05) is 17.7 Å². The lowest BCUT2D eigenvalue weighted by atomic mass is 10.2. The maximum absolute atomic E-state index is 5.73. The Bertz CT molecular complexity index is 722. The lowest BCUT2D eigenvalue weighted by Gasteiger charge is -2.05. The molecule has 0 unspecified atom stereocenters. The average molecular weight is 332 g/mol. The van der Waals surface area contributed by atoms with Crippen molar-refractivity contribution in [2.45, 2.75) is 13.3 Å². The Kier molecular flexibility index (Phi) is 3.69. The molecule has 0 saturated heterocycles. The molecule has 0 spiro atoms. The number of rotatable bonds is 4. The minimum absolute atomic E-state index is 0.587. The van der Waals surface area contributed by atoms with Crippen LogP contribution in [0.1, 0.15) is 11.4 Å². The highest BCUT2D eigenvalue weighted by molar-refractivity contribution is 9.10. The fourth-order valence-corrected chi connectivity index (χ4v) is 2.56. The second kappa shape index (κ2) is 5.63. The lowest BCUT2D eigenvalue weighted by Crippen LogP contribution is -2.05. The molecule has 0 fully saturated rings. The first-order valence-corrected chi connectivity index (χ1v) is 7.19. The zero-order chi connectivity index (χ0) is 13.9. The number of fused-ring (bicyclic) bond motifs is 1. The van der Waals surface area contributed by atoms with Gasteiger partial charge in [-0.2, -0.15) is 0 Å². The number of nitrogens with zero attached hydrogens (tertiary/aromatic N) is 3. The summed E-state index contributed by atoms with van der Waals surface area (Å²) in [5, 5.41) is 0. The van der Waals surface area contributed by atoms with Crippen molar-refractivity contribution in [3.8, 4) is 5.75 Å². The van der Waals surface area contributed by atoms with Crippen LogP contribution in [0.5, 0.6) is 5.75 Å². The van der Waals surface area contributed by atoms with Gasteiger partial charge in [0.1, 0.15) is 22.5 Å². The standard InChI is InChI=1S/C15H14BrN3O/c1-11-2-4-12(5-3-11)20-9-7-14-18-15(16)13-6-8-17-10-19(13)14/h2-6,8,10H,7,9H2,1H3.